The number of anilines is 3. The zero-order valence-electron chi connectivity index (χ0n) is 14.4. The number of halogens is 1. The van der Waals surface area contributed by atoms with Crippen molar-refractivity contribution in [3.05, 3.63) is 35.4 Å². The summed E-state index contributed by atoms with van der Waals surface area (Å²) in [5.41, 5.74) is 11.2. The van der Waals surface area contributed by atoms with Gasteiger partial charge in [0, 0.05) is 6.20 Å². The maximum atomic E-state index is 11.6. The van der Waals surface area contributed by atoms with Crippen LogP contribution in [0.4, 0.5) is 17.3 Å². The highest BCUT2D eigenvalue weighted by Gasteiger charge is 2.19. The van der Waals surface area contributed by atoms with E-state index in [9.17, 15) is 9.59 Å². The van der Waals surface area contributed by atoms with Crippen molar-refractivity contribution < 1.29 is 9.59 Å². The lowest BCUT2D eigenvalue weighted by Crippen LogP contribution is -2.37. The molecule has 0 saturated heterocycles. The lowest BCUT2D eigenvalue weighted by atomic mass is 10.0. The number of primary amides is 2. The van der Waals surface area contributed by atoms with Gasteiger partial charge in [-0.1, -0.05) is 25.4 Å². The van der Waals surface area contributed by atoms with Gasteiger partial charge in [0.2, 0.25) is 5.91 Å². The second-order valence-electron chi connectivity index (χ2n) is 6.06. The summed E-state index contributed by atoms with van der Waals surface area (Å²) in [4.78, 5) is 35.5. The van der Waals surface area contributed by atoms with Crippen molar-refractivity contribution in [2.75, 3.05) is 10.6 Å². The molecule has 1 unspecified atom stereocenters. The number of hydrogen-bond acceptors (Lipinski definition) is 7. The Balaban J connectivity index is 2.32. The molecule has 0 aromatic carbocycles. The third kappa shape index (κ3) is 5.28. The van der Waals surface area contributed by atoms with Crippen molar-refractivity contribution in [1.82, 2.24) is 15.0 Å². The van der Waals surface area contributed by atoms with Gasteiger partial charge in [0.25, 0.3) is 5.91 Å². The van der Waals surface area contributed by atoms with Crippen LogP contribution in [0.15, 0.2) is 24.7 Å². The summed E-state index contributed by atoms with van der Waals surface area (Å²) in [7, 11) is 0. The van der Waals surface area contributed by atoms with Crippen LogP contribution >= 0.6 is 11.6 Å². The van der Waals surface area contributed by atoms with E-state index in [1.165, 1.54) is 18.6 Å². The minimum Gasteiger partial charge on any atom is -0.368 e. The molecular weight excluding hydrogens is 358 g/mol. The number of aromatic nitrogens is 3. The molecule has 2 heterocycles. The predicted octanol–water partition coefficient (Wildman–Crippen LogP) is 1.68. The summed E-state index contributed by atoms with van der Waals surface area (Å²) in [5.74, 6) is -0.632. The number of carbonyl (C=O) groups is 2. The smallest absolute Gasteiger partial charge is 0.271 e. The van der Waals surface area contributed by atoms with Crippen molar-refractivity contribution in [3.8, 4) is 0 Å². The van der Waals surface area contributed by atoms with Crippen LogP contribution in [0.3, 0.4) is 0 Å². The van der Waals surface area contributed by atoms with Crippen molar-refractivity contribution in [2.45, 2.75) is 26.3 Å². The summed E-state index contributed by atoms with van der Waals surface area (Å²) >= 11 is 5.90. The van der Waals surface area contributed by atoms with Gasteiger partial charge in [-0.25, -0.2) is 9.97 Å². The van der Waals surface area contributed by atoms with Crippen LogP contribution < -0.4 is 22.1 Å². The van der Waals surface area contributed by atoms with Gasteiger partial charge in [0.15, 0.2) is 11.5 Å². The van der Waals surface area contributed by atoms with E-state index >= 15 is 0 Å². The first-order chi connectivity index (χ1) is 12.3. The Labute approximate surface area is 155 Å². The second-order valence-corrected chi connectivity index (χ2v) is 6.50. The summed E-state index contributed by atoms with van der Waals surface area (Å²) in [6.07, 6.45) is 4.81. The van der Waals surface area contributed by atoms with Crippen LogP contribution in [-0.4, -0.2) is 32.8 Å². The van der Waals surface area contributed by atoms with E-state index in [0.717, 1.165) is 0 Å². The zero-order valence-corrected chi connectivity index (χ0v) is 15.1. The minimum absolute atomic E-state index is 0.0602. The molecule has 138 valence electrons. The van der Waals surface area contributed by atoms with Crippen molar-refractivity contribution in [1.29, 1.82) is 0 Å². The summed E-state index contributed by atoms with van der Waals surface area (Å²) < 4.78 is 0. The number of nitrogens with two attached hydrogens (primary N) is 2. The Hall–Kier alpha value is -2.94. The van der Waals surface area contributed by atoms with Gasteiger partial charge in [-0.3, -0.25) is 14.6 Å². The normalized spacial score (nSPS) is 11.8. The van der Waals surface area contributed by atoms with Crippen molar-refractivity contribution in [3.63, 3.8) is 0 Å². The van der Waals surface area contributed by atoms with E-state index in [2.05, 4.69) is 25.6 Å². The molecule has 0 fully saturated rings. The Kier molecular flexibility index (Phi) is 6.29. The second kappa shape index (κ2) is 8.43. The SMILES string of the molecule is CC(C)CC(Nc1cnc(C(N)=O)c(Nc2cncc(Cl)c2)n1)C(N)=O. The highest BCUT2D eigenvalue weighted by molar-refractivity contribution is 6.30. The number of hydrogen-bond donors (Lipinski definition) is 4. The van der Waals surface area contributed by atoms with Crippen molar-refractivity contribution in [2.24, 2.45) is 17.4 Å². The number of rotatable bonds is 8. The van der Waals surface area contributed by atoms with Gasteiger partial charge in [-0.05, 0) is 18.4 Å². The van der Waals surface area contributed by atoms with E-state index in [0.29, 0.717) is 17.1 Å². The summed E-state index contributed by atoms with van der Waals surface area (Å²) in [6.45, 7) is 3.94. The first kappa shape index (κ1) is 19.4. The van der Waals surface area contributed by atoms with Gasteiger partial charge in [0.05, 0.1) is 23.1 Å². The molecule has 0 aliphatic heterocycles. The molecule has 2 aromatic rings. The van der Waals surface area contributed by atoms with Crippen LogP contribution in [0, 0.1) is 5.92 Å². The molecule has 0 spiro atoms. The highest BCUT2D eigenvalue weighted by atomic mass is 35.5. The van der Waals surface area contributed by atoms with Crippen LogP contribution in [0.5, 0.6) is 0 Å². The first-order valence-electron chi connectivity index (χ1n) is 7.86. The zero-order chi connectivity index (χ0) is 19.3. The molecule has 2 rings (SSSR count). The van der Waals surface area contributed by atoms with Crippen LogP contribution in [-0.2, 0) is 4.79 Å². The van der Waals surface area contributed by atoms with Gasteiger partial charge in [-0.15, -0.1) is 0 Å². The summed E-state index contributed by atoms with van der Waals surface area (Å²) in [5, 5.41) is 6.24. The molecule has 9 nitrogen and oxygen atoms in total. The molecule has 2 amide bonds. The van der Waals surface area contributed by atoms with Crippen LogP contribution in [0.1, 0.15) is 30.8 Å². The monoisotopic (exact) mass is 377 g/mol. The predicted molar refractivity (Wildman–Crippen MR) is 99.1 cm³/mol. The Bertz CT molecular complexity index is 813. The third-order valence-electron chi connectivity index (χ3n) is 3.35. The number of amides is 2. The van der Waals surface area contributed by atoms with Gasteiger partial charge in [-0.2, -0.15) is 0 Å². The van der Waals surface area contributed by atoms with E-state index in [1.54, 1.807) is 6.07 Å². The number of nitrogens with zero attached hydrogens (tertiary/aromatic N) is 3. The average Bonchev–Trinajstić information content (AvgIpc) is 2.53. The molecule has 1 atom stereocenters. The largest absolute Gasteiger partial charge is 0.368 e. The molecule has 6 N–H and O–H groups in total. The number of pyridine rings is 1. The summed E-state index contributed by atoms with van der Waals surface area (Å²) in [6, 6.07) is 0.982. The molecule has 0 aliphatic carbocycles. The topological polar surface area (TPSA) is 149 Å². The quantitative estimate of drug-likeness (QED) is 0.546. The molecular formula is C16H20ClN7O2. The fourth-order valence-corrected chi connectivity index (χ4v) is 2.41. The van der Waals surface area contributed by atoms with Gasteiger partial charge < -0.3 is 22.1 Å². The lowest BCUT2D eigenvalue weighted by molar-refractivity contribution is -0.119. The van der Waals surface area contributed by atoms with Crippen molar-refractivity contribution >= 4 is 40.7 Å². The van der Waals surface area contributed by atoms with Crippen LogP contribution in [0.25, 0.3) is 0 Å². The standard InChI is InChI=1S/C16H20ClN7O2/c1-8(2)3-11(14(18)25)23-12-7-21-13(15(19)26)16(24-12)22-10-4-9(17)5-20-6-10/h4-8,11H,3H2,1-2H3,(H2,18,25)(H2,19,26)(H2,22,23,24). The van der Waals surface area contributed by atoms with E-state index in [-0.39, 0.29) is 23.2 Å². The van der Waals surface area contributed by atoms with Gasteiger partial charge in [0.1, 0.15) is 11.9 Å². The fourth-order valence-electron chi connectivity index (χ4n) is 2.24. The maximum absolute atomic E-state index is 11.6. The first-order valence-corrected chi connectivity index (χ1v) is 8.24. The maximum Gasteiger partial charge on any atom is 0.271 e. The average molecular weight is 378 g/mol. The Morgan fingerprint density at radius 2 is 1.96 bits per heavy atom. The van der Waals surface area contributed by atoms with Gasteiger partial charge >= 0.3 is 0 Å². The van der Waals surface area contributed by atoms with E-state index < -0.39 is 17.9 Å². The Morgan fingerprint density at radius 1 is 1.23 bits per heavy atom. The third-order valence-corrected chi connectivity index (χ3v) is 3.55. The number of carbonyl (C=O) groups excluding carboxylic acids is 2. The van der Waals surface area contributed by atoms with E-state index in [1.807, 2.05) is 13.8 Å². The minimum atomic E-state index is -0.754. The molecule has 0 bridgehead atoms. The number of nitrogens with one attached hydrogen (secondary N) is 2. The Morgan fingerprint density at radius 3 is 2.54 bits per heavy atom. The molecule has 0 saturated carbocycles. The molecule has 0 radical (unpaired) electrons. The molecule has 26 heavy (non-hydrogen) atoms. The molecule has 0 aliphatic rings. The lowest BCUT2D eigenvalue weighted by Gasteiger charge is -2.18. The molecule has 10 heteroatoms. The van der Waals surface area contributed by atoms with Crippen LogP contribution in [0.2, 0.25) is 5.02 Å². The van der Waals surface area contributed by atoms with E-state index in [4.69, 9.17) is 23.1 Å². The molecule has 2 aromatic heterocycles. The fraction of sp³-hybridized carbons (Fsp3) is 0.312. The highest BCUT2D eigenvalue weighted by Crippen LogP contribution is 2.21.